The summed E-state index contributed by atoms with van der Waals surface area (Å²) in [6.45, 7) is 7.00. The largest absolute Gasteiger partial charge is 0.0925 e. The van der Waals surface area contributed by atoms with Gasteiger partial charge in [-0.1, -0.05) is 36.7 Å². The van der Waals surface area contributed by atoms with Crippen molar-refractivity contribution >= 4 is 15.9 Å². The lowest BCUT2D eigenvalue weighted by Gasteiger charge is -1.95. The van der Waals surface area contributed by atoms with Crippen LogP contribution in [0.2, 0.25) is 0 Å². The minimum atomic E-state index is 0.628. The van der Waals surface area contributed by atoms with E-state index in [4.69, 9.17) is 0 Å². The molecule has 2 unspecified atom stereocenters. The predicted molar refractivity (Wildman–Crippen MR) is 40.2 cm³/mol. The highest BCUT2D eigenvalue weighted by atomic mass is 79.9. The SMILES string of the molecule is CC1C(CBr)C1(C)C. The Balaban J connectivity index is 2.45. The van der Waals surface area contributed by atoms with Gasteiger partial charge in [-0.05, 0) is 17.3 Å². The van der Waals surface area contributed by atoms with E-state index in [9.17, 15) is 0 Å². The Morgan fingerprint density at radius 3 is 1.88 bits per heavy atom. The maximum absolute atomic E-state index is 3.49. The summed E-state index contributed by atoms with van der Waals surface area (Å²) in [7, 11) is 0. The average Bonchev–Trinajstić information content (AvgIpc) is 2.09. The van der Waals surface area contributed by atoms with Crippen LogP contribution in [0.25, 0.3) is 0 Å². The van der Waals surface area contributed by atoms with Crippen LogP contribution in [0, 0.1) is 17.3 Å². The molecule has 0 aromatic carbocycles. The number of rotatable bonds is 1. The molecule has 2 atom stereocenters. The molecule has 0 saturated heterocycles. The lowest BCUT2D eigenvalue weighted by atomic mass is 10.1. The third-order valence-corrected chi connectivity index (χ3v) is 3.49. The molecule has 1 aliphatic rings. The first-order valence-corrected chi connectivity index (χ1v) is 4.29. The van der Waals surface area contributed by atoms with Crippen molar-refractivity contribution in [2.75, 3.05) is 5.33 Å². The molecule has 48 valence electrons. The molecule has 1 rings (SSSR count). The molecule has 0 aromatic rings. The normalized spacial score (nSPS) is 42.0. The molecule has 1 fully saturated rings. The second kappa shape index (κ2) is 1.73. The molecule has 0 aromatic heterocycles. The first-order chi connectivity index (χ1) is 3.60. The van der Waals surface area contributed by atoms with Crippen LogP contribution >= 0.6 is 15.9 Å². The van der Waals surface area contributed by atoms with Gasteiger partial charge in [-0.25, -0.2) is 0 Å². The van der Waals surface area contributed by atoms with E-state index in [0.29, 0.717) is 5.41 Å². The van der Waals surface area contributed by atoms with Gasteiger partial charge in [0.2, 0.25) is 0 Å². The Kier molecular flexibility index (Phi) is 1.43. The van der Waals surface area contributed by atoms with Crippen LogP contribution in [0.4, 0.5) is 0 Å². The predicted octanol–water partition coefficient (Wildman–Crippen LogP) is 2.67. The van der Waals surface area contributed by atoms with Crippen molar-refractivity contribution in [1.82, 2.24) is 0 Å². The minimum Gasteiger partial charge on any atom is -0.0925 e. The van der Waals surface area contributed by atoms with E-state index in [1.54, 1.807) is 0 Å². The summed E-state index contributed by atoms with van der Waals surface area (Å²) < 4.78 is 0. The smallest absolute Gasteiger partial charge is 0.00676 e. The molecule has 1 aliphatic carbocycles. The Morgan fingerprint density at radius 1 is 1.50 bits per heavy atom. The zero-order chi connectivity index (χ0) is 6.36. The van der Waals surface area contributed by atoms with E-state index in [1.165, 1.54) is 5.33 Å². The van der Waals surface area contributed by atoms with Crippen molar-refractivity contribution in [2.24, 2.45) is 17.3 Å². The zero-order valence-corrected chi connectivity index (χ0v) is 7.33. The van der Waals surface area contributed by atoms with Crippen molar-refractivity contribution in [3.05, 3.63) is 0 Å². The molecular formula is C7H13Br. The van der Waals surface area contributed by atoms with E-state index in [1.807, 2.05) is 0 Å². The van der Waals surface area contributed by atoms with Crippen LogP contribution in [0.5, 0.6) is 0 Å². The van der Waals surface area contributed by atoms with Gasteiger partial charge in [0.1, 0.15) is 0 Å². The van der Waals surface area contributed by atoms with Crippen LogP contribution < -0.4 is 0 Å². The van der Waals surface area contributed by atoms with Crippen LogP contribution in [0.3, 0.4) is 0 Å². The number of halogens is 1. The molecule has 0 bridgehead atoms. The number of hydrogen-bond donors (Lipinski definition) is 0. The second-order valence-electron chi connectivity index (χ2n) is 3.37. The lowest BCUT2D eigenvalue weighted by molar-refractivity contribution is 0.562. The zero-order valence-electron chi connectivity index (χ0n) is 5.74. The van der Waals surface area contributed by atoms with Crippen LogP contribution in [-0.2, 0) is 0 Å². The highest BCUT2D eigenvalue weighted by Crippen LogP contribution is 2.58. The molecule has 0 spiro atoms. The molecule has 1 heteroatoms. The molecular weight excluding hydrogens is 164 g/mol. The number of alkyl halides is 1. The monoisotopic (exact) mass is 176 g/mol. The molecule has 0 amide bonds. The molecule has 0 radical (unpaired) electrons. The molecule has 8 heavy (non-hydrogen) atoms. The summed E-state index contributed by atoms with van der Waals surface area (Å²) in [6, 6.07) is 0. The van der Waals surface area contributed by atoms with Crippen molar-refractivity contribution in [1.29, 1.82) is 0 Å². The second-order valence-corrected chi connectivity index (χ2v) is 4.02. The Labute approximate surface area is 59.8 Å². The van der Waals surface area contributed by atoms with Crippen molar-refractivity contribution in [2.45, 2.75) is 20.8 Å². The van der Waals surface area contributed by atoms with Crippen LogP contribution in [-0.4, -0.2) is 5.33 Å². The minimum absolute atomic E-state index is 0.628. The van der Waals surface area contributed by atoms with E-state index >= 15 is 0 Å². The fourth-order valence-corrected chi connectivity index (χ4v) is 2.75. The van der Waals surface area contributed by atoms with Crippen molar-refractivity contribution < 1.29 is 0 Å². The lowest BCUT2D eigenvalue weighted by Crippen LogP contribution is -1.89. The van der Waals surface area contributed by atoms with Gasteiger partial charge in [0.25, 0.3) is 0 Å². The highest BCUT2D eigenvalue weighted by Gasteiger charge is 2.53. The van der Waals surface area contributed by atoms with Gasteiger partial charge in [0, 0.05) is 5.33 Å². The van der Waals surface area contributed by atoms with Crippen LogP contribution in [0.1, 0.15) is 20.8 Å². The fourth-order valence-electron chi connectivity index (χ4n) is 1.35. The summed E-state index contributed by atoms with van der Waals surface area (Å²) >= 11 is 3.49. The van der Waals surface area contributed by atoms with E-state index in [2.05, 4.69) is 36.7 Å². The van der Waals surface area contributed by atoms with E-state index < -0.39 is 0 Å². The topological polar surface area (TPSA) is 0 Å². The Morgan fingerprint density at radius 2 is 1.88 bits per heavy atom. The first-order valence-electron chi connectivity index (χ1n) is 3.16. The van der Waals surface area contributed by atoms with Crippen molar-refractivity contribution in [3.63, 3.8) is 0 Å². The van der Waals surface area contributed by atoms with Gasteiger partial charge in [-0.3, -0.25) is 0 Å². The van der Waals surface area contributed by atoms with Crippen LogP contribution in [0.15, 0.2) is 0 Å². The fraction of sp³-hybridized carbons (Fsp3) is 1.00. The maximum Gasteiger partial charge on any atom is 0.00676 e. The van der Waals surface area contributed by atoms with Gasteiger partial charge >= 0.3 is 0 Å². The standard InChI is InChI=1S/C7H13Br/c1-5-6(4-8)7(5,2)3/h5-6H,4H2,1-3H3. The summed E-state index contributed by atoms with van der Waals surface area (Å²) in [5, 5.41) is 1.18. The molecule has 0 nitrogen and oxygen atoms in total. The van der Waals surface area contributed by atoms with Crippen molar-refractivity contribution in [3.8, 4) is 0 Å². The van der Waals surface area contributed by atoms with Gasteiger partial charge in [0.15, 0.2) is 0 Å². The first kappa shape index (κ1) is 6.60. The summed E-state index contributed by atoms with van der Waals surface area (Å²) in [6.07, 6.45) is 0. The van der Waals surface area contributed by atoms with E-state index in [-0.39, 0.29) is 0 Å². The van der Waals surface area contributed by atoms with E-state index in [0.717, 1.165) is 11.8 Å². The van der Waals surface area contributed by atoms with Gasteiger partial charge in [-0.15, -0.1) is 0 Å². The average molecular weight is 177 g/mol. The third-order valence-electron chi connectivity index (χ3n) is 2.79. The third kappa shape index (κ3) is 0.717. The quantitative estimate of drug-likeness (QED) is 0.540. The maximum atomic E-state index is 3.49. The summed E-state index contributed by atoms with van der Waals surface area (Å²) in [5.74, 6) is 1.87. The highest BCUT2D eigenvalue weighted by molar-refractivity contribution is 9.09. The Bertz CT molecular complexity index is 96.6. The summed E-state index contributed by atoms with van der Waals surface area (Å²) in [4.78, 5) is 0. The molecule has 0 aliphatic heterocycles. The van der Waals surface area contributed by atoms with Gasteiger partial charge < -0.3 is 0 Å². The number of hydrogen-bond acceptors (Lipinski definition) is 0. The molecule has 0 N–H and O–H groups in total. The van der Waals surface area contributed by atoms with Gasteiger partial charge in [-0.2, -0.15) is 0 Å². The Hall–Kier alpha value is 0.480. The molecule has 1 saturated carbocycles. The molecule has 0 heterocycles. The van der Waals surface area contributed by atoms with Gasteiger partial charge in [0.05, 0.1) is 0 Å². The summed E-state index contributed by atoms with van der Waals surface area (Å²) in [5.41, 5.74) is 0.628.